The molecule has 2 amide bonds. The molecule has 0 atom stereocenters. The Hall–Kier alpha value is -3.11. The van der Waals surface area contributed by atoms with Crippen LogP contribution < -0.4 is 10.6 Å². The van der Waals surface area contributed by atoms with Gasteiger partial charge in [0.1, 0.15) is 0 Å². The number of aliphatic hydroxyl groups is 1. The topological polar surface area (TPSA) is 61.4 Å². The summed E-state index contributed by atoms with van der Waals surface area (Å²) in [6.45, 7) is 0.0448. The standard InChI is InChI=1S/C22H22N2O2/c25-15-14-19-8-4-5-9-21(19)24-22(26)23-20-12-10-18(11-13-20)16-17-6-2-1-3-7-17/h1-13,25H,14-16H2,(H2,23,24,26). The molecule has 0 aromatic heterocycles. The Morgan fingerprint density at radius 1 is 0.769 bits per heavy atom. The minimum atomic E-state index is -0.300. The normalized spacial score (nSPS) is 10.3. The number of rotatable bonds is 6. The Balaban J connectivity index is 1.59. The van der Waals surface area contributed by atoms with Crippen LogP contribution in [0.4, 0.5) is 16.2 Å². The lowest BCUT2D eigenvalue weighted by molar-refractivity contribution is 0.262. The average Bonchev–Trinajstić information content (AvgIpc) is 2.66. The lowest BCUT2D eigenvalue weighted by Gasteiger charge is -2.11. The van der Waals surface area contributed by atoms with Crippen LogP contribution in [0.1, 0.15) is 16.7 Å². The summed E-state index contributed by atoms with van der Waals surface area (Å²) in [7, 11) is 0. The predicted octanol–water partition coefficient (Wildman–Crippen LogP) is 4.46. The highest BCUT2D eigenvalue weighted by Gasteiger charge is 2.06. The summed E-state index contributed by atoms with van der Waals surface area (Å²) in [6.07, 6.45) is 1.37. The van der Waals surface area contributed by atoms with E-state index >= 15 is 0 Å². The maximum atomic E-state index is 12.2. The molecule has 0 saturated heterocycles. The number of urea groups is 1. The molecule has 0 saturated carbocycles. The van der Waals surface area contributed by atoms with Crippen LogP contribution in [0.25, 0.3) is 0 Å². The van der Waals surface area contributed by atoms with Crippen LogP contribution in [0.3, 0.4) is 0 Å². The first kappa shape index (κ1) is 17.7. The molecule has 0 aliphatic rings. The Morgan fingerprint density at radius 2 is 1.42 bits per heavy atom. The molecule has 132 valence electrons. The highest BCUT2D eigenvalue weighted by molar-refractivity contribution is 6.00. The maximum absolute atomic E-state index is 12.2. The zero-order valence-electron chi connectivity index (χ0n) is 14.5. The number of hydrogen-bond acceptors (Lipinski definition) is 2. The van der Waals surface area contributed by atoms with Crippen LogP contribution in [-0.4, -0.2) is 17.7 Å². The van der Waals surface area contributed by atoms with Crippen molar-refractivity contribution in [2.45, 2.75) is 12.8 Å². The first-order chi connectivity index (χ1) is 12.7. The fourth-order valence-corrected chi connectivity index (χ4v) is 2.80. The molecule has 0 heterocycles. The average molecular weight is 346 g/mol. The van der Waals surface area contributed by atoms with Gasteiger partial charge in [0.2, 0.25) is 0 Å². The fourth-order valence-electron chi connectivity index (χ4n) is 2.80. The third-order valence-corrected chi connectivity index (χ3v) is 4.11. The van der Waals surface area contributed by atoms with E-state index in [0.29, 0.717) is 12.1 Å². The molecule has 4 heteroatoms. The Labute approximate surface area is 153 Å². The summed E-state index contributed by atoms with van der Waals surface area (Å²) in [6, 6.07) is 25.3. The Bertz CT molecular complexity index is 846. The number of hydrogen-bond donors (Lipinski definition) is 3. The molecule has 3 aromatic rings. The van der Waals surface area contributed by atoms with Crippen molar-refractivity contribution in [3.8, 4) is 0 Å². The van der Waals surface area contributed by atoms with E-state index in [4.69, 9.17) is 5.11 Å². The molecule has 0 aliphatic carbocycles. The minimum Gasteiger partial charge on any atom is -0.396 e. The Kier molecular flexibility index (Phi) is 6.01. The molecule has 3 rings (SSSR count). The first-order valence-electron chi connectivity index (χ1n) is 8.64. The van der Waals surface area contributed by atoms with Gasteiger partial charge in [0.15, 0.2) is 0 Å². The van der Waals surface area contributed by atoms with Gasteiger partial charge < -0.3 is 15.7 Å². The summed E-state index contributed by atoms with van der Waals surface area (Å²) in [5.41, 5.74) is 4.80. The Morgan fingerprint density at radius 3 is 2.15 bits per heavy atom. The predicted molar refractivity (Wildman–Crippen MR) is 106 cm³/mol. The lowest BCUT2D eigenvalue weighted by atomic mass is 10.0. The largest absolute Gasteiger partial charge is 0.396 e. The number of carbonyl (C=O) groups is 1. The van der Waals surface area contributed by atoms with Gasteiger partial charge in [-0.05, 0) is 47.7 Å². The van der Waals surface area contributed by atoms with Gasteiger partial charge in [-0.15, -0.1) is 0 Å². The van der Waals surface area contributed by atoms with Crippen LogP contribution in [-0.2, 0) is 12.8 Å². The second-order valence-corrected chi connectivity index (χ2v) is 6.07. The van der Waals surface area contributed by atoms with Gasteiger partial charge in [0.05, 0.1) is 0 Å². The summed E-state index contributed by atoms with van der Waals surface area (Å²) < 4.78 is 0. The summed E-state index contributed by atoms with van der Waals surface area (Å²) in [4.78, 5) is 12.2. The quantitative estimate of drug-likeness (QED) is 0.617. The SMILES string of the molecule is O=C(Nc1ccc(Cc2ccccc2)cc1)Nc1ccccc1CCO. The number of para-hydroxylation sites is 1. The van der Waals surface area contributed by atoms with Crippen molar-refractivity contribution in [3.05, 3.63) is 95.6 Å². The van der Waals surface area contributed by atoms with Gasteiger partial charge in [-0.1, -0.05) is 60.7 Å². The van der Waals surface area contributed by atoms with Crippen LogP contribution in [0, 0.1) is 0 Å². The van der Waals surface area contributed by atoms with Gasteiger partial charge in [-0.3, -0.25) is 0 Å². The highest BCUT2D eigenvalue weighted by Crippen LogP contribution is 2.17. The molecule has 0 aliphatic heterocycles. The van der Waals surface area contributed by atoms with Crippen molar-refractivity contribution >= 4 is 17.4 Å². The summed E-state index contributed by atoms with van der Waals surface area (Å²) >= 11 is 0. The number of carbonyl (C=O) groups excluding carboxylic acids is 1. The van der Waals surface area contributed by atoms with Crippen molar-refractivity contribution in [2.75, 3.05) is 17.2 Å². The number of amides is 2. The van der Waals surface area contributed by atoms with Crippen LogP contribution >= 0.6 is 0 Å². The minimum absolute atomic E-state index is 0.0448. The second kappa shape index (κ2) is 8.83. The van der Waals surface area contributed by atoms with Crippen molar-refractivity contribution in [1.29, 1.82) is 0 Å². The van der Waals surface area contributed by atoms with Gasteiger partial charge in [-0.2, -0.15) is 0 Å². The molecular weight excluding hydrogens is 324 g/mol. The van der Waals surface area contributed by atoms with Crippen molar-refractivity contribution < 1.29 is 9.90 Å². The molecule has 0 spiro atoms. The molecule has 26 heavy (non-hydrogen) atoms. The molecular formula is C22H22N2O2. The summed E-state index contributed by atoms with van der Waals surface area (Å²) in [5, 5.41) is 14.8. The van der Waals surface area contributed by atoms with E-state index in [2.05, 4.69) is 22.8 Å². The molecule has 0 bridgehead atoms. The van der Waals surface area contributed by atoms with E-state index in [-0.39, 0.29) is 12.6 Å². The van der Waals surface area contributed by atoms with E-state index in [1.807, 2.05) is 66.7 Å². The molecule has 4 nitrogen and oxygen atoms in total. The van der Waals surface area contributed by atoms with Crippen LogP contribution in [0.15, 0.2) is 78.9 Å². The molecule has 3 aromatic carbocycles. The lowest BCUT2D eigenvalue weighted by Crippen LogP contribution is -2.20. The van der Waals surface area contributed by atoms with E-state index in [1.54, 1.807) is 0 Å². The van der Waals surface area contributed by atoms with Crippen molar-refractivity contribution in [1.82, 2.24) is 0 Å². The smallest absolute Gasteiger partial charge is 0.323 e. The number of benzene rings is 3. The van der Waals surface area contributed by atoms with Gasteiger partial charge >= 0.3 is 6.03 Å². The zero-order valence-corrected chi connectivity index (χ0v) is 14.5. The molecule has 0 unspecified atom stereocenters. The number of aliphatic hydroxyl groups excluding tert-OH is 1. The fraction of sp³-hybridized carbons (Fsp3) is 0.136. The van der Waals surface area contributed by atoms with E-state index in [1.165, 1.54) is 11.1 Å². The molecule has 0 radical (unpaired) electrons. The third kappa shape index (κ3) is 4.94. The van der Waals surface area contributed by atoms with Crippen molar-refractivity contribution in [3.63, 3.8) is 0 Å². The first-order valence-corrected chi connectivity index (χ1v) is 8.64. The van der Waals surface area contributed by atoms with Gasteiger partial charge in [0.25, 0.3) is 0 Å². The molecule has 0 fully saturated rings. The number of nitrogens with one attached hydrogen (secondary N) is 2. The zero-order chi connectivity index (χ0) is 18.2. The van der Waals surface area contributed by atoms with Gasteiger partial charge in [0, 0.05) is 18.0 Å². The number of anilines is 2. The van der Waals surface area contributed by atoms with E-state index < -0.39 is 0 Å². The maximum Gasteiger partial charge on any atom is 0.323 e. The van der Waals surface area contributed by atoms with E-state index in [9.17, 15) is 4.79 Å². The van der Waals surface area contributed by atoms with E-state index in [0.717, 1.165) is 17.7 Å². The monoisotopic (exact) mass is 346 g/mol. The summed E-state index contributed by atoms with van der Waals surface area (Å²) in [5.74, 6) is 0. The van der Waals surface area contributed by atoms with Crippen molar-refractivity contribution in [2.24, 2.45) is 0 Å². The van der Waals surface area contributed by atoms with Crippen LogP contribution in [0.2, 0.25) is 0 Å². The molecule has 3 N–H and O–H groups in total. The van der Waals surface area contributed by atoms with Crippen LogP contribution in [0.5, 0.6) is 0 Å². The third-order valence-electron chi connectivity index (χ3n) is 4.11. The van der Waals surface area contributed by atoms with Gasteiger partial charge in [-0.25, -0.2) is 4.79 Å². The second-order valence-electron chi connectivity index (χ2n) is 6.07. The highest BCUT2D eigenvalue weighted by atomic mass is 16.3.